The Kier molecular flexibility index (Phi) is 4.83. The molecule has 0 unspecified atom stereocenters. The Morgan fingerprint density at radius 2 is 2.00 bits per heavy atom. The summed E-state index contributed by atoms with van der Waals surface area (Å²) < 4.78 is 34.7. The van der Waals surface area contributed by atoms with E-state index in [1.807, 2.05) is 0 Å². The van der Waals surface area contributed by atoms with E-state index in [1.54, 1.807) is 5.32 Å². The summed E-state index contributed by atoms with van der Waals surface area (Å²) in [5.41, 5.74) is 0. The number of amides is 1. The molecule has 0 saturated carbocycles. The molecular weight excluding hydrogens is 207 g/mol. The molecular formula is C7H9ClF3NO. The predicted octanol–water partition coefficient (Wildman–Crippen LogP) is 2.20. The topological polar surface area (TPSA) is 29.1 Å². The number of rotatable bonds is 4. The Labute approximate surface area is 78.8 Å². The molecule has 0 radical (unpaired) electrons. The van der Waals surface area contributed by atoms with Gasteiger partial charge in [0.25, 0.3) is 0 Å². The van der Waals surface area contributed by atoms with Crippen molar-refractivity contribution in [2.45, 2.75) is 19.0 Å². The van der Waals surface area contributed by atoms with E-state index in [0.717, 1.165) is 0 Å². The summed E-state index contributed by atoms with van der Waals surface area (Å²) in [6.07, 6.45) is -4.07. The summed E-state index contributed by atoms with van der Waals surface area (Å²) >= 11 is 5.35. The van der Waals surface area contributed by atoms with Gasteiger partial charge in [-0.25, -0.2) is 0 Å². The smallest absolute Gasteiger partial charge is 0.348 e. The molecule has 2 nitrogen and oxygen atoms in total. The number of nitrogens with one attached hydrogen (secondary N) is 1. The third kappa shape index (κ3) is 6.45. The first-order valence-corrected chi connectivity index (χ1v) is 3.90. The minimum atomic E-state index is -4.81. The van der Waals surface area contributed by atoms with Crippen molar-refractivity contribution < 1.29 is 18.0 Å². The SMILES string of the molecule is C=C(Cl)CCCNC(=O)C(F)(F)F. The monoisotopic (exact) mass is 215 g/mol. The zero-order chi connectivity index (χ0) is 10.5. The lowest BCUT2D eigenvalue weighted by Crippen LogP contribution is -2.37. The number of carbonyl (C=O) groups is 1. The van der Waals surface area contributed by atoms with Gasteiger partial charge in [-0.2, -0.15) is 13.2 Å². The molecule has 1 amide bonds. The van der Waals surface area contributed by atoms with Crippen LogP contribution in [-0.4, -0.2) is 18.6 Å². The van der Waals surface area contributed by atoms with E-state index >= 15 is 0 Å². The van der Waals surface area contributed by atoms with Crippen molar-refractivity contribution in [1.29, 1.82) is 0 Å². The minimum absolute atomic E-state index is 0.0515. The van der Waals surface area contributed by atoms with Crippen LogP contribution in [0.3, 0.4) is 0 Å². The number of halogens is 4. The van der Waals surface area contributed by atoms with Crippen LogP contribution < -0.4 is 5.32 Å². The molecule has 0 spiro atoms. The molecule has 76 valence electrons. The lowest BCUT2D eigenvalue weighted by Gasteiger charge is -2.06. The second-order valence-electron chi connectivity index (χ2n) is 2.37. The molecule has 13 heavy (non-hydrogen) atoms. The van der Waals surface area contributed by atoms with Crippen molar-refractivity contribution in [3.63, 3.8) is 0 Å². The van der Waals surface area contributed by atoms with Crippen LogP contribution in [-0.2, 0) is 4.79 Å². The van der Waals surface area contributed by atoms with Gasteiger partial charge in [0.05, 0.1) is 0 Å². The molecule has 0 aliphatic heterocycles. The Morgan fingerprint density at radius 3 is 2.38 bits per heavy atom. The Hall–Kier alpha value is -0.710. The maximum Gasteiger partial charge on any atom is 0.471 e. The largest absolute Gasteiger partial charge is 0.471 e. The molecule has 0 rings (SSSR count). The number of carbonyl (C=O) groups excluding carboxylic acids is 1. The summed E-state index contributed by atoms with van der Waals surface area (Å²) in [6.45, 7) is 3.30. The molecule has 0 aliphatic carbocycles. The molecule has 0 aromatic heterocycles. The van der Waals surface area contributed by atoms with Crippen LogP contribution in [0.15, 0.2) is 11.6 Å². The van der Waals surface area contributed by atoms with Gasteiger partial charge in [-0.3, -0.25) is 4.79 Å². The quantitative estimate of drug-likeness (QED) is 0.716. The summed E-state index contributed by atoms with van der Waals surface area (Å²) in [5, 5.41) is 2.08. The van der Waals surface area contributed by atoms with Gasteiger partial charge in [0, 0.05) is 11.6 Å². The van der Waals surface area contributed by atoms with E-state index in [4.69, 9.17) is 11.6 Å². The third-order valence-electron chi connectivity index (χ3n) is 1.17. The highest BCUT2D eigenvalue weighted by Gasteiger charge is 2.38. The van der Waals surface area contributed by atoms with E-state index in [-0.39, 0.29) is 6.54 Å². The number of hydrogen-bond acceptors (Lipinski definition) is 1. The van der Waals surface area contributed by atoms with Crippen LogP contribution >= 0.6 is 11.6 Å². The van der Waals surface area contributed by atoms with Crippen molar-refractivity contribution in [3.05, 3.63) is 11.6 Å². The molecule has 1 N–H and O–H groups in total. The van der Waals surface area contributed by atoms with E-state index in [1.165, 1.54) is 0 Å². The van der Waals surface area contributed by atoms with Crippen molar-refractivity contribution in [3.8, 4) is 0 Å². The normalized spacial score (nSPS) is 11.1. The van der Waals surface area contributed by atoms with Crippen LogP contribution in [0.5, 0.6) is 0 Å². The van der Waals surface area contributed by atoms with Gasteiger partial charge in [-0.15, -0.1) is 0 Å². The maximum absolute atomic E-state index is 11.6. The minimum Gasteiger partial charge on any atom is -0.348 e. The van der Waals surface area contributed by atoms with Gasteiger partial charge in [-0.05, 0) is 12.8 Å². The molecule has 0 fully saturated rings. The molecule has 0 saturated heterocycles. The standard InChI is InChI=1S/C7H9ClF3NO/c1-5(8)3-2-4-12-6(13)7(9,10)11/h1-4H2,(H,12,13). The van der Waals surface area contributed by atoms with Gasteiger partial charge < -0.3 is 5.32 Å². The number of alkyl halides is 3. The second-order valence-corrected chi connectivity index (χ2v) is 2.91. The highest BCUT2D eigenvalue weighted by molar-refractivity contribution is 6.29. The fraction of sp³-hybridized carbons (Fsp3) is 0.571. The summed E-state index contributed by atoms with van der Waals surface area (Å²) in [7, 11) is 0. The van der Waals surface area contributed by atoms with Gasteiger partial charge in [-0.1, -0.05) is 18.2 Å². The number of hydrogen-bond donors (Lipinski definition) is 1. The Morgan fingerprint density at radius 1 is 1.46 bits per heavy atom. The van der Waals surface area contributed by atoms with Crippen LogP contribution in [0.1, 0.15) is 12.8 Å². The lowest BCUT2D eigenvalue weighted by molar-refractivity contribution is -0.173. The average molecular weight is 216 g/mol. The molecule has 6 heteroatoms. The average Bonchev–Trinajstić information content (AvgIpc) is 1.95. The summed E-state index contributed by atoms with van der Waals surface area (Å²) in [5.74, 6) is -1.92. The van der Waals surface area contributed by atoms with Gasteiger partial charge >= 0.3 is 12.1 Å². The Bertz CT molecular complexity index is 202. The molecule has 0 aromatic rings. The first-order valence-electron chi connectivity index (χ1n) is 3.52. The van der Waals surface area contributed by atoms with Crippen molar-refractivity contribution in [1.82, 2.24) is 5.32 Å². The summed E-state index contributed by atoms with van der Waals surface area (Å²) in [6, 6.07) is 0. The van der Waals surface area contributed by atoms with Crippen molar-refractivity contribution >= 4 is 17.5 Å². The molecule has 0 aromatic carbocycles. The molecule has 0 heterocycles. The van der Waals surface area contributed by atoms with Crippen LogP contribution in [0, 0.1) is 0 Å². The zero-order valence-corrected chi connectivity index (χ0v) is 7.50. The summed E-state index contributed by atoms with van der Waals surface area (Å²) in [4.78, 5) is 10.2. The second kappa shape index (κ2) is 5.11. The van der Waals surface area contributed by atoms with Crippen molar-refractivity contribution in [2.75, 3.05) is 6.54 Å². The highest BCUT2D eigenvalue weighted by atomic mass is 35.5. The van der Waals surface area contributed by atoms with E-state index in [0.29, 0.717) is 17.9 Å². The van der Waals surface area contributed by atoms with Gasteiger partial charge in [0.15, 0.2) is 0 Å². The fourth-order valence-electron chi connectivity index (χ4n) is 0.582. The predicted molar refractivity (Wildman–Crippen MR) is 43.3 cm³/mol. The van der Waals surface area contributed by atoms with Crippen LogP contribution in [0.4, 0.5) is 13.2 Å². The molecule has 0 atom stereocenters. The van der Waals surface area contributed by atoms with Gasteiger partial charge in [0.1, 0.15) is 0 Å². The van der Waals surface area contributed by atoms with Crippen LogP contribution in [0.2, 0.25) is 0 Å². The van der Waals surface area contributed by atoms with E-state index < -0.39 is 12.1 Å². The fourth-order valence-corrected chi connectivity index (χ4v) is 0.716. The molecule has 0 aliphatic rings. The first-order chi connectivity index (χ1) is 5.84. The third-order valence-corrected chi connectivity index (χ3v) is 1.36. The first kappa shape index (κ1) is 12.3. The Balaban J connectivity index is 3.55. The number of allylic oxidation sites excluding steroid dienone is 1. The lowest BCUT2D eigenvalue weighted by atomic mass is 10.3. The van der Waals surface area contributed by atoms with Gasteiger partial charge in [0.2, 0.25) is 0 Å². The van der Waals surface area contributed by atoms with Crippen LogP contribution in [0.25, 0.3) is 0 Å². The van der Waals surface area contributed by atoms with Crippen molar-refractivity contribution in [2.24, 2.45) is 0 Å². The highest BCUT2D eigenvalue weighted by Crippen LogP contribution is 2.14. The molecule has 0 bridgehead atoms. The zero-order valence-electron chi connectivity index (χ0n) is 6.75. The van der Waals surface area contributed by atoms with E-state index in [2.05, 4.69) is 6.58 Å². The maximum atomic E-state index is 11.6. The van der Waals surface area contributed by atoms with E-state index in [9.17, 15) is 18.0 Å².